The molecule has 4 heteroatoms. The van der Waals surface area contributed by atoms with E-state index in [-0.39, 0.29) is 5.97 Å². The van der Waals surface area contributed by atoms with Gasteiger partial charge >= 0.3 is 11.9 Å². The van der Waals surface area contributed by atoms with Crippen LogP contribution in [0.15, 0.2) is 23.8 Å². The fraction of sp³-hybridized carbons (Fsp3) is 0.500. The van der Waals surface area contributed by atoms with Crippen molar-refractivity contribution in [2.24, 2.45) is 0 Å². The van der Waals surface area contributed by atoms with Crippen molar-refractivity contribution < 1.29 is 19.1 Å². The molecule has 0 aromatic rings. The summed E-state index contributed by atoms with van der Waals surface area (Å²) in [6.45, 7) is 2.04. The van der Waals surface area contributed by atoms with E-state index in [2.05, 4.69) is 9.47 Å². The number of hydrogen-bond acceptors (Lipinski definition) is 4. The number of carbonyl (C=O) groups is 2. The van der Waals surface area contributed by atoms with Crippen LogP contribution in [0.2, 0.25) is 0 Å². The summed E-state index contributed by atoms with van der Waals surface area (Å²) >= 11 is 0. The topological polar surface area (TPSA) is 52.6 Å². The Morgan fingerprint density at radius 2 is 1.88 bits per heavy atom. The second-order valence-corrected chi connectivity index (χ2v) is 3.17. The van der Waals surface area contributed by atoms with Crippen molar-refractivity contribution in [2.75, 3.05) is 14.2 Å². The van der Waals surface area contributed by atoms with Crippen molar-refractivity contribution >= 4 is 11.9 Å². The normalized spacial score (nSPS) is 11.6. The van der Waals surface area contributed by atoms with Gasteiger partial charge in [0.2, 0.25) is 0 Å². The highest BCUT2D eigenvalue weighted by molar-refractivity contribution is 5.89. The zero-order valence-electron chi connectivity index (χ0n) is 9.99. The van der Waals surface area contributed by atoms with Gasteiger partial charge in [-0.2, -0.15) is 0 Å². The quantitative estimate of drug-likeness (QED) is 0.395. The molecule has 0 N–H and O–H groups in total. The van der Waals surface area contributed by atoms with Crippen molar-refractivity contribution in [2.45, 2.75) is 26.2 Å². The van der Waals surface area contributed by atoms with Crippen LogP contribution in [0.4, 0.5) is 0 Å². The zero-order chi connectivity index (χ0) is 12.4. The molecule has 0 saturated heterocycles. The van der Waals surface area contributed by atoms with Crippen LogP contribution < -0.4 is 0 Å². The molecule has 16 heavy (non-hydrogen) atoms. The monoisotopic (exact) mass is 226 g/mol. The lowest BCUT2D eigenvalue weighted by Crippen LogP contribution is -2.04. The van der Waals surface area contributed by atoms with E-state index in [9.17, 15) is 9.59 Å². The Bertz CT molecular complexity index is 289. The Morgan fingerprint density at radius 1 is 1.19 bits per heavy atom. The van der Waals surface area contributed by atoms with Crippen LogP contribution in [0.1, 0.15) is 26.2 Å². The van der Waals surface area contributed by atoms with Crippen LogP contribution in [0.5, 0.6) is 0 Å². The molecular formula is C12H18O4. The van der Waals surface area contributed by atoms with Gasteiger partial charge in [0.25, 0.3) is 0 Å². The van der Waals surface area contributed by atoms with Crippen molar-refractivity contribution in [1.82, 2.24) is 0 Å². The van der Waals surface area contributed by atoms with Crippen LogP contribution in [0, 0.1) is 0 Å². The van der Waals surface area contributed by atoms with Gasteiger partial charge in [-0.1, -0.05) is 25.5 Å². The van der Waals surface area contributed by atoms with E-state index in [0.717, 1.165) is 12.8 Å². The first-order chi connectivity index (χ1) is 7.65. The molecule has 0 radical (unpaired) electrons. The summed E-state index contributed by atoms with van der Waals surface area (Å²) in [5.74, 6) is -0.807. The highest BCUT2D eigenvalue weighted by Gasteiger charge is 2.07. The predicted molar refractivity (Wildman–Crippen MR) is 60.8 cm³/mol. The zero-order valence-corrected chi connectivity index (χ0v) is 9.99. The molecule has 0 heterocycles. The number of allylic oxidation sites excluding steroid dienone is 2. The minimum Gasteiger partial charge on any atom is -0.466 e. The van der Waals surface area contributed by atoms with Crippen LogP contribution >= 0.6 is 0 Å². The smallest absolute Gasteiger partial charge is 0.333 e. The van der Waals surface area contributed by atoms with E-state index in [4.69, 9.17) is 0 Å². The van der Waals surface area contributed by atoms with E-state index >= 15 is 0 Å². The maximum atomic E-state index is 11.3. The summed E-state index contributed by atoms with van der Waals surface area (Å²) in [5.41, 5.74) is 0.560. The summed E-state index contributed by atoms with van der Waals surface area (Å²) in [4.78, 5) is 22.1. The summed E-state index contributed by atoms with van der Waals surface area (Å²) in [6.07, 6.45) is 6.89. The predicted octanol–water partition coefficient (Wildman–Crippen LogP) is 2.01. The number of esters is 2. The SMILES string of the molecule is CCCC/C(=C\C=C\C(=O)OC)C(=O)OC. The Kier molecular flexibility index (Phi) is 7.85. The second kappa shape index (κ2) is 8.71. The molecule has 0 unspecified atom stereocenters. The summed E-state index contributed by atoms with van der Waals surface area (Å²) in [7, 11) is 2.64. The number of hydrogen-bond donors (Lipinski definition) is 0. The molecular weight excluding hydrogens is 208 g/mol. The fourth-order valence-electron chi connectivity index (χ4n) is 1.06. The van der Waals surface area contributed by atoms with Gasteiger partial charge in [0.05, 0.1) is 14.2 Å². The Labute approximate surface area is 95.9 Å². The summed E-state index contributed by atoms with van der Waals surface area (Å²) < 4.78 is 9.06. The van der Waals surface area contributed by atoms with E-state index in [1.54, 1.807) is 6.08 Å². The molecule has 0 fully saturated rings. The van der Waals surface area contributed by atoms with E-state index in [0.29, 0.717) is 12.0 Å². The van der Waals surface area contributed by atoms with Crippen molar-refractivity contribution in [3.05, 3.63) is 23.8 Å². The first kappa shape index (κ1) is 14.4. The Hall–Kier alpha value is -1.58. The number of unbranched alkanes of at least 4 members (excludes halogenated alkanes) is 1. The van der Waals surface area contributed by atoms with Crippen molar-refractivity contribution in [1.29, 1.82) is 0 Å². The first-order valence-corrected chi connectivity index (χ1v) is 5.19. The maximum Gasteiger partial charge on any atom is 0.333 e. The molecule has 0 aromatic carbocycles. The highest BCUT2D eigenvalue weighted by Crippen LogP contribution is 2.09. The first-order valence-electron chi connectivity index (χ1n) is 5.19. The molecule has 0 aromatic heterocycles. The second-order valence-electron chi connectivity index (χ2n) is 3.17. The molecule has 4 nitrogen and oxygen atoms in total. The highest BCUT2D eigenvalue weighted by atomic mass is 16.5. The molecule has 0 saturated carbocycles. The lowest BCUT2D eigenvalue weighted by molar-refractivity contribution is -0.136. The molecule has 0 bridgehead atoms. The molecule has 0 spiro atoms. The van der Waals surface area contributed by atoms with Gasteiger partial charge in [-0.05, 0) is 12.8 Å². The largest absolute Gasteiger partial charge is 0.466 e. The van der Waals surface area contributed by atoms with Crippen molar-refractivity contribution in [3.8, 4) is 0 Å². The molecule has 0 rings (SSSR count). The van der Waals surface area contributed by atoms with Gasteiger partial charge in [-0.3, -0.25) is 0 Å². The number of rotatable bonds is 6. The van der Waals surface area contributed by atoms with Gasteiger partial charge in [0.1, 0.15) is 0 Å². The molecule has 0 aliphatic rings. The Morgan fingerprint density at radius 3 is 2.38 bits per heavy atom. The number of methoxy groups -OCH3 is 2. The summed E-state index contributed by atoms with van der Waals surface area (Å²) in [5, 5.41) is 0. The van der Waals surface area contributed by atoms with E-state index in [1.165, 1.54) is 26.4 Å². The molecule has 0 aliphatic carbocycles. The standard InChI is InChI=1S/C12H18O4/c1-4-5-7-10(12(14)16-3)8-6-9-11(13)15-2/h6,8-9H,4-5,7H2,1-3H3/b9-6+,10-8+. The summed E-state index contributed by atoms with van der Waals surface area (Å²) in [6, 6.07) is 0. The molecule has 90 valence electrons. The number of carbonyl (C=O) groups excluding carboxylic acids is 2. The van der Waals surface area contributed by atoms with Gasteiger partial charge in [0, 0.05) is 11.6 Å². The minimum absolute atomic E-state index is 0.358. The van der Waals surface area contributed by atoms with Gasteiger partial charge in [-0.15, -0.1) is 0 Å². The fourth-order valence-corrected chi connectivity index (χ4v) is 1.06. The lowest BCUT2D eigenvalue weighted by atomic mass is 10.1. The van der Waals surface area contributed by atoms with Gasteiger partial charge in [0.15, 0.2) is 0 Å². The third kappa shape index (κ3) is 6.01. The van der Waals surface area contributed by atoms with E-state index < -0.39 is 5.97 Å². The Balaban J connectivity index is 4.49. The van der Waals surface area contributed by atoms with Gasteiger partial charge in [-0.25, -0.2) is 9.59 Å². The lowest BCUT2D eigenvalue weighted by Gasteiger charge is -2.02. The average molecular weight is 226 g/mol. The van der Waals surface area contributed by atoms with Crippen LogP contribution in [-0.4, -0.2) is 26.2 Å². The minimum atomic E-state index is -0.448. The third-order valence-electron chi connectivity index (χ3n) is 1.98. The van der Waals surface area contributed by atoms with Crippen LogP contribution in [0.3, 0.4) is 0 Å². The third-order valence-corrected chi connectivity index (χ3v) is 1.98. The molecule has 0 amide bonds. The van der Waals surface area contributed by atoms with Crippen LogP contribution in [-0.2, 0) is 19.1 Å². The van der Waals surface area contributed by atoms with Gasteiger partial charge < -0.3 is 9.47 Å². The number of ether oxygens (including phenoxy) is 2. The van der Waals surface area contributed by atoms with E-state index in [1.807, 2.05) is 6.92 Å². The molecule has 0 aliphatic heterocycles. The van der Waals surface area contributed by atoms with Crippen molar-refractivity contribution in [3.63, 3.8) is 0 Å². The average Bonchev–Trinajstić information content (AvgIpc) is 2.32. The maximum absolute atomic E-state index is 11.3. The molecule has 0 atom stereocenters. The van der Waals surface area contributed by atoms with Crippen LogP contribution in [0.25, 0.3) is 0 Å².